The van der Waals surface area contributed by atoms with Gasteiger partial charge in [-0.3, -0.25) is 9.59 Å². The second kappa shape index (κ2) is 11.8. The molecule has 154 valence electrons. The van der Waals surface area contributed by atoms with E-state index in [0.717, 1.165) is 13.1 Å². The highest BCUT2D eigenvalue weighted by Gasteiger charge is 2.11. The quantitative estimate of drug-likeness (QED) is 0.462. The van der Waals surface area contributed by atoms with E-state index in [9.17, 15) is 14.4 Å². The number of Topliss-reactive ketones (excluding diaryl/α,β-unsaturated/α-hetero) is 1. The van der Waals surface area contributed by atoms with Gasteiger partial charge in [0.25, 0.3) is 0 Å². The average Bonchev–Trinajstić information content (AvgIpc) is 2.76. The number of nitrogens with zero attached hydrogens (tertiary/aromatic N) is 1. The highest BCUT2D eigenvalue weighted by Crippen LogP contribution is 2.12. The fourth-order valence-electron chi connectivity index (χ4n) is 2.80. The molecule has 1 N–H and O–H groups in total. The molecule has 0 radical (unpaired) electrons. The molecule has 0 aliphatic heterocycles. The van der Waals surface area contributed by atoms with Crippen LogP contribution in [0.1, 0.15) is 47.4 Å². The molecule has 0 unspecified atom stereocenters. The van der Waals surface area contributed by atoms with Gasteiger partial charge in [-0.2, -0.15) is 0 Å². The van der Waals surface area contributed by atoms with Gasteiger partial charge in [0, 0.05) is 30.6 Å². The van der Waals surface area contributed by atoms with E-state index in [2.05, 4.69) is 24.1 Å². The highest BCUT2D eigenvalue weighted by molar-refractivity contribution is 6.00. The van der Waals surface area contributed by atoms with E-state index in [1.54, 1.807) is 48.5 Å². The maximum absolute atomic E-state index is 12.1. The molecule has 0 heterocycles. The van der Waals surface area contributed by atoms with Gasteiger partial charge < -0.3 is 15.0 Å². The molecule has 0 saturated carbocycles. The first-order chi connectivity index (χ1) is 14.0. The lowest BCUT2D eigenvalue weighted by Crippen LogP contribution is -2.27. The number of benzene rings is 2. The smallest absolute Gasteiger partial charge is 0.338 e. The Bertz CT molecular complexity index is 799. The van der Waals surface area contributed by atoms with Crippen molar-refractivity contribution in [1.29, 1.82) is 0 Å². The molecule has 2 aromatic rings. The molecule has 0 aliphatic carbocycles. The normalized spacial score (nSPS) is 10.6. The first kappa shape index (κ1) is 22.3. The van der Waals surface area contributed by atoms with E-state index >= 15 is 0 Å². The number of likely N-dealkylation sites (N-methyl/N-ethyl adjacent to an activating group) is 1. The molecule has 6 nitrogen and oxygen atoms in total. The predicted octanol–water partition coefficient (Wildman–Crippen LogP) is 3.79. The third-order valence-corrected chi connectivity index (χ3v) is 4.61. The lowest BCUT2D eigenvalue weighted by molar-refractivity contribution is -0.116. The first-order valence-corrected chi connectivity index (χ1v) is 9.91. The van der Waals surface area contributed by atoms with Crippen LogP contribution in [-0.2, 0) is 9.53 Å². The van der Waals surface area contributed by atoms with Crippen LogP contribution in [0.25, 0.3) is 0 Å². The van der Waals surface area contributed by atoms with E-state index < -0.39 is 0 Å². The molecular formula is C23H28N2O4. The van der Waals surface area contributed by atoms with Crippen molar-refractivity contribution < 1.29 is 19.1 Å². The van der Waals surface area contributed by atoms with Gasteiger partial charge in [0.2, 0.25) is 5.91 Å². The number of ether oxygens (including phenoxy) is 1. The zero-order valence-corrected chi connectivity index (χ0v) is 17.0. The number of hydrogen-bond donors (Lipinski definition) is 1. The minimum absolute atomic E-state index is 0.0662. The van der Waals surface area contributed by atoms with Crippen molar-refractivity contribution >= 4 is 23.3 Å². The molecule has 6 heteroatoms. The Hall–Kier alpha value is -2.99. The van der Waals surface area contributed by atoms with Crippen molar-refractivity contribution in [3.05, 3.63) is 65.7 Å². The van der Waals surface area contributed by atoms with Crippen LogP contribution >= 0.6 is 0 Å². The van der Waals surface area contributed by atoms with Crippen LogP contribution in [0.15, 0.2) is 54.6 Å². The second-order valence-corrected chi connectivity index (χ2v) is 6.58. The van der Waals surface area contributed by atoms with Gasteiger partial charge >= 0.3 is 5.97 Å². The molecule has 0 saturated heterocycles. The zero-order chi connectivity index (χ0) is 21.1. The molecule has 2 aromatic carbocycles. The molecule has 0 fully saturated rings. The van der Waals surface area contributed by atoms with Crippen LogP contribution < -0.4 is 5.32 Å². The summed E-state index contributed by atoms with van der Waals surface area (Å²) in [6.45, 7) is 7.01. The minimum Gasteiger partial charge on any atom is -0.461 e. The van der Waals surface area contributed by atoms with E-state index in [1.165, 1.54) is 0 Å². The standard InChI is InChI=1S/C23H28N2O4/c1-3-25(4-2)16-17-29-23(28)19-10-12-20(13-11-19)24-22(27)15-14-21(26)18-8-6-5-7-9-18/h5-13H,3-4,14-17H2,1-2H3,(H,24,27). The van der Waals surface area contributed by atoms with Gasteiger partial charge in [-0.15, -0.1) is 0 Å². The molecule has 0 aromatic heterocycles. The van der Waals surface area contributed by atoms with Crippen LogP contribution in [0.3, 0.4) is 0 Å². The summed E-state index contributed by atoms with van der Waals surface area (Å²) in [6, 6.07) is 15.4. The Morgan fingerprint density at radius 3 is 2.14 bits per heavy atom. The van der Waals surface area contributed by atoms with Crippen LogP contribution in [-0.4, -0.2) is 48.8 Å². The number of carbonyl (C=O) groups excluding carboxylic acids is 3. The van der Waals surface area contributed by atoms with Gasteiger partial charge in [-0.05, 0) is 37.4 Å². The van der Waals surface area contributed by atoms with Gasteiger partial charge in [-0.1, -0.05) is 44.2 Å². The van der Waals surface area contributed by atoms with Gasteiger partial charge in [0.15, 0.2) is 5.78 Å². The molecule has 0 bridgehead atoms. The van der Waals surface area contributed by atoms with Gasteiger partial charge in [0.1, 0.15) is 6.61 Å². The third kappa shape index (κ3) is 7.50. The molecule has 0 atom stereocenters. The van der Waals surface area contributed by atoms with Crippen molar-refractivity contribution in [3.8, 4) is 0 Å². The fourth-order valence-corrected chi connectivity index (χ4v) is 2.80. The second-order valence-electron chi connectivity index (χ2n) is 6.58. The SMILES string of the molecule is CCN(CC)CCOC(=O)c1ccc(NC(=O)CCC(=O)c2ccccc2)cc1. The average molecular weight is 396 g/mol. The lowest BCUT2D eigenvalue weighted by atomic mass is 10.1. The van der Waals surface area contributed by atoms with E-state index in [4.69, 9.17) is 4.74 Å². The number of amides is 1. The summed E-state index contributed by atoms with van der Waals surface area (Å²) in [5, 5.41) is 2.74. The highest BCUT2D eigenvalue weighted by atomic mass is 16.5. The Labute approximate surface area is 171 Å². The van der Waals surface area contributed by atoms with Crippen LogP contribution in [0.2, 0.25) is 0 Å². The minimum atomic E-state index is -0.386. The number of anilines is 1. The van der Waals surface area contributed by atoms with Gasteiger partial charge in [-0.25, -0.2) is 4.79 Å². The largest absolute Gasteiger partial charge is 0.461 e. The van der Waals surface area contributed by atoms with E-state index in [1.807, 2.05) is 6.07 Å². The number of nitrogens with one attached hydrogen (secondary N) is 1. The zero-order valence-electron chi connectivity index (χ0n) is 17.0. The molecule has 29 heavy (non-hydrogen) atoms. The number of hydrogen-bond acceptors (Lipinski definition) is 5. The molecular weight excluding hydrogens is 368 g/mol. The van der Waals surface area contributed by atoms with Crippen molar-refractivity contribution in [2.75, 3.05) is 31.6 Å². The monoisotopic (exact) mass is 396 g/mol. The summed E-state index contributed by atoms with van der Waals surface area (Å²) >= 11 is 0. The third-order valence-electron chi connectivity index (χ3n) is 4.61. The number of ketones is 1. The van der Waals surface area contributed by atoms with E-state index in [0.29, 0.717) is 30.0 Å². The summed E-state index contributed by atoms with van der Waals surface area (Å²) in [5.74, 6) is -0.698. The Kier molecular flexibility index (Phi) is 9.05. The predicted molar refractivity (Wildman–Crippen MR) is 113 cm³/mol. The summed E-state index contributed by atoms with van der Waals surface area (Å²) in [4.78, 5) is 38.4. The number of esters is 1. The summed E-state index contributed by atoms with van der Waals surface area (Å²) in [5.41, 5.74) is 1.60. The van der Waals surface area contributed by atoms with Crippen molar-refractivity contribution in [2.24, 2.45) is 0 Å². The number of rotatable bonds is 11. The maximum atomic E-state index is 12.1. The molecule has 0 spiro atoms. The lowest BCUT2D eigenvalue weighted by Gasteiger charge is -2.17. The van der Waals surface area contributed by atoms with Crippen LogP contribution in [0, 0.1) is 0 Å². The Morgan fingerprint density at radius 1 is 0.862 bits per heavy atom. The van der Waals surface area contributed by atoms with E-state index in [-0.39, 0.29) is 30.5 Å². The summed E-state index contributed by atoms with van der Waals surface area (Å²) in [6.07, 6.45) is 0.246. The summed E-state index contributed by atoms with van der Waals surface area (Å²) in [7, 11) is 0. The maximum Gasteiger partial charge on any atom is 0.338 e. The molecule has 0 aliphatic rings. The van der Waals surface area contributed by atoms with Crippen LogP contribution in [0.4, 0.5) is 5.69 Å². The molecule has 1 amide bonds. The Balaban J connectivity index is 1.77. The van der Waals surface area contributed by atoms with Crippen molar-refractivity contribution in [3.63, 3.8) is 0 Å². The topological polar surface area (TPSA) is 75.7 Å². The first-order valence-electron chi connectivity index (χ1n) is 9.91. The fraction of sp³-hybridized carbons (Fsp3) is 0.348. The van der Waals surface area contributed by atoms with Crippen molar-refractivity contribution in [2.45, 2.75) is 26.7 Å². The van der Waals surface area contributed by atoms with Crippen molar-refractivity contribution in [1.82, 2.24) is 4.90 Å². The van der Waals surface area contributed by atoms with Gasteiger partial charge in [0.05, 0.1) is 5.56 Å². The molecule has 2 rings (SSSR count). The Morgan fingerprint density at radius 2 is 1.52 bits per heavy atom. The number of carbonyl (C=O) groups is 3. The van der Waals surface area contributed by atoms with Crippen LogP contribution in [0.5, 0.6) is 0 Å². The summed E-state index contributed by atoms with van der Waals surface area (Å²) < 4.78 is 5.28.